The lowest BCUT2D eigenvalue weighted by Gasteiger charge is -2.34. The topological polar surface area (TPSA) is 88.1 Å². The number of morpholine rings is 1. The van der Waals surface area contributed by atoms with Crippen LogP contribution in [0.1, 0.15) is 51.4 Å². The van der Waals surface area contributed by atoms with E-state index in [0.29, 0.717) is 24.3 Å². The number of nitrogens with zero attached hydrogens (tertiary/aromatic N) is 2. The molecule has 1 aromatic carbocycles. The van der Waals surface area contributed by atoms with Gasteiger partial charge in [0.05, 0.1) is 25.8 Å². The van der Waals surface area contributed by atoms with E-state index in [2.05, 4.69) is 44.9 Å². The summed E-state index contributed by atoms with van der Waals surface area (Å²) in [5.74, 6) is 0.570. The van der Waals surface area contributed by atoms with Crippen LogP contribution in [0.15, 0.2) is 53.5 Å². The number of ether oxygens (including phenoxy) is 2. The number of carbonyl (C=O) groups is 1. The normalized spacial score (nSPS) is 14.9. The molecule has 1 fully saturated rings. The van der Waals surface area contributed by atoms with Crippen LogP contribution in [0, 0.1) is 20.8 Å². The molecule has 1 amide bonds. The molecule has 0 spiro atoms. The Balaban J connectivity index is 1.60. The number of methoxy groups -OCH3 is 1. The van der Waals surface area contributed by atoms with E-state index in [9.17, 15) is 9.59 Å². The van der Waals surface area contributed by atoms with Crippen molar-refractivity contribution in [3.8, 4) is 16.9 Å². The number of aryl methyl sites for hydroxylation is 2. The van der Waals surface area contributed by atoms with Gasteiger partial charge in [-0.2, -0.15) is 0 Å². The number of aromatic amines is 1. The molecular formula is C31H36N4O4. The van der Waals surface area contributed by atoms with Gasteiger partial charge in [0.1, 0.15) is 5.75 Å². The third-order valence-electron chi connectivity index (χ3n) is 7.79. The molecule has 39 heavy (non-hydrogen) atoms. The minimum absolute atomic E-state index is 0.0666. The second-order valence-corrected chi connectivity index (χ2v) is 10.2. The lowest BCUT2D eigenvalue weighted by atomic mass is 9.98. The number of carbonyl (C=O) groups excluding carboxylic acids is 1. The summed E-state index contributed by atoms with van der Waals surface area (Å²) in [5.41, 5.74) is 7.61. The fourth-order valence-electron chi connectivity index (χ4n) is 5.65. The molecule has 0 saturated carbocycles. The van der Waals surface area contributed by atoms with E-state index in [-0.39, 0.29) is 24.1 Å². The maximum Gasteiger partial charge on any atom is 0.253 e. The minimum atomic E-state index is -0.206. The second-order valence-electron chi connectivity index (χ2n) is 10.2. The molecule has 1 saturated heterocycles. The predicted molar refractivity (Wildman–Crippen MR) is 153 cm³/mol. The van der Waals surface area contributed by atoms with Crippen LogP contribution in [0.3, 0.4) is 0 Å². The van der Waals surface area contributed by atoms with Gasteiger partial charge in [0.25, 0.3) is 11.5 Å². The number of pyridine rings is 2. The van der Waals surface area contributed by atoms with Crippen molar-refractivity contribution in [2.45, 2.75) is 40.3 Å². The lowest BCUT2D eigenvalue weighted by molar-refractivity contribution is 0.0187. The quantitative estimate of drug-likeness (QED) is 0.367. The zero-order valence-corrected chi connectivity index (χ0v) is 23.3. The number of aromatic nitrogens is 2. The van der Waals surface area contributed by atoms with Gasteiger partial charge in [-0.05, 0) is 74.7 Å². The molecule has 4 aromatic rings. The number of amides is 1. The Bertz CT molecular complexity index is 1580. The monoisotopic (exact) mass is 528 g/mol. The molecule has 204 valence electrons. The molecule has 1 atom stereocenters. The molecule has 8 heteroatoms. The molecule has 8 nitrogen and oxygen atoms in total. The standard InChI is InChI=1S/C31H36N4O4/c1-19-15-20(2)33-31(37)27(19)18-32-30(36)26-17-28-25(23-7-6-8-24(16-23)38-5)9-10-35(28)29(21(26)3)22(4)34-11-13-39-14-12-34/h6-10,15-17,22H,11-14,18H2,1-5H3,(H,32,36)(H,33,37). The van der Waals surface area contributed by atoms with Crippen molar-refractivity contribution in [2.24, 2.45) is 0 Å². The summed E-state index contributed by atoms with van der Waals surface area (Å²) in [4.78, 5) is 31.5. The van der Waals surface area contributed by atoms with Crippen LogP contribution in [0.5, 0.6) is 5.75 Å². The van der Waals surface area contributed by atoms with E-state index in [1.165, 1.54) is 0 Å². The number of fused-ring (bicyclic) bond motifs is 1. The average molecular weight is 529 g/mol. The van der Waals surface area contributed by atoms with Crippen molar-refractivity contribution < 1.29 is 14.3 Å². The smallest absolute Gasteiger partial charge is 0.253 e. The molecule has 4 heterocycles. The van der Waals surface area contributed by atoms with Crippen LogP contribution >= 0.6 is 0 Å². The maximum absolute atomic E-state index is 13.7. The van der Waals surface area contributed by atoms with Gasteiger partial charge in [-0.3, -0.25) is 14.5 Å². The van der Waals surface area contributed by atoms with Crippen molar-refractivity contribution >= 4 is 11.4 Å². The van der Waals surface area contributed by atoms with E-state index in [4.69, 9.17) is 9.47 Å². The number of H-pyrrole nitrogens is 1. The number of nitrogens with one attached hydrogen (secondary N) is 2. The van der Waals surface area contributed by atoms with E-state index in [1.54, 1.807) is 7.11 Å². The Morgan fingerprint density at radius 3 is 2.62 bits per heavy atom. The highest BCUT2D eigenvalue weighted by molar-refractivity contribution is 5.98. The zero-order chi connectivity index (χ0) is 27.7. The van der Waals surface area contributed by atoms with Crippen molar-refractivity contribution in [3.05, 3.63) is 92.7 Å². The highest BCUT2D eigenvalue weighted by atomic mass is 16.5. The first-order valence-electron chi connectivity index (χ1n) is 13.4. The highest BCUT2D eigenvalue weighted by Crippen LogP contribution is 2.34. The van der Waals surface area contributed by atoms with E-state index < -0.39 is 0 Å². The van der Waals surface area contributed by atoms with Crippen molar-refractivity contribution in [1.29, 1.82) is 0 Å². The first kappa shape index (κ1) is 26.7. The highest BCUT2D eigenvalue weighted by Gasteiger charge is 2.26. The minimum Gasteiger partial charge on any atom is -0.497 e. The first-order chi connectivity index (χ1) is 18.8. The molecule has 0 aliphatic carbocycles. The van der Waals surface area contributed by atoms with Crippen molar-refractivity contribution in [2.75, 3.05) is 33.4 Å². The van der Waals surface area contributed by atoms with Crippen LogP contribution in [-0.2, 0) is 11.3 Å². The Morgan fingerprint density at radius 1 is 1.13 bits per heavy atom. The van der Waals surface area contributed by atoms with Gasteiger partial charge in [-0.15, -0.1) is 0 Å². The molecule has 1 unspecified atom stereocenters. The lowest BCUT2D eigenvalue weighted by Crippen LogP contribution is -2.39. The summed E-state index contributed by atoms with van der Waals surface area (Å²) >= 11 is 0. The number of hydrogen-bond donors (Lipinski definition) is 2. The Morgan fingerprint density at radius 2 is 1.90 bits per heavy atom. The van der Waals surface area contributed by atoms with Crippen LogP contribution in [-0.4, -0.2) is 53.6 Å². The second kappa shape index (κ2) is 11.1. The van der Waals surface area contributed by atoms with Gasteiger partial charge in [-0.25, -0.2) is 0 Å². The summed E-state index contributed by atoms with van der Waals surface area (Å²) in [6.45, 7) is 11.1. The molecule has 2 N–H and O–H groups in total. The molecule has 3 aromatic heterocycles. The van der Waals surface area contributed by atoms with Gasteiger partial charge in [0.15, 0.2) is 0 Å². The van der Waals surface area contributed by atoms with E-state index >= 15 is 0 Å². The van der Waals surface area contributed by atoms with Crippen LogP contribution in [0.2, 0.25) is 0 Å². The fourth-order valence-corrected chi connectivity index (χ4v) is 5.65. The Hall–Kier alpha value is -3.88. The van der Waals surface area contributed by atoms with Gasteiger partial charge in [-0.1, -0.05) is 12.1 Å². The molecule has 0 radical (unpaired) electrons. The first-order valence-corrected chi connectivity index (χ1v) is 13.4. The van der Waals surface area contributed by atoms with E-state index in [1.807, 2.05) is 51.1 Å². The SMILES string of the molecule is COc1cccc(-c2ccn3c(C(C)N4CCOCC4)c(C)c(C(=O)NCc4c(C)cc(C)[nH]c4=O)cc23)c1. The number of hydrogen-bond acceptors (Lipinski definition) is 5. The van der Waals surface area contributed by atoms with Crippen LogP contribution < -0.4 is 15.6 Å². The Kier molecular flexibility index (Phi) is 7.59. The van der Waals surface area contributed by atoms with Crippen molar-refractivity contribution in [3.63, 3.8) is 0 Å². The molecule has 5 rings (SSSR count). The third kappa shape index (κ3) is 5.22. The third-order valence-corrected chi connectivity index (χ3v) is 7.79. The summed E-state index contributed by atoms with van der Waals surface area (Å²) in [7, 11) is 1.66. The molecule has 0 bridgehead atoms. The fraction of sp³-hybridized carbons (Fsp3) is 0.355. The number of rotatable bonds is 7. The van der Waals surface area contributed by atoms with Gasteiger partial charge in [0, 0.05) is 60.0 Å². The summed E-state index contributed by atoms with van der Waals surface area (Å²) in [6.07, 6.45) is 2.08. The summed E-state index contributed by atoms with van der Waals surface area (Å²) < 4.78 is 13.3. The van der Waals surface area contributed by atoms with Crippen LogP contribution in [0.4, 0.5) is 0 Å². The Labute approximate surface area is 228 Å². The zero-order valence-electron chi connectivity index (χ0n) is 23.3. The average Bonchev–Trinajstić information content (AvgIpc) is 3.35. The molecular weight excluding hydrogens is 492 g/mol. The predicted octanol–water partition coefficient (Wildman–Crippen LogP) is 4.55. The summed E-state index contributed by atoms with van der Waals surface area (Å²) in [5, 5.41) is 3.02. The van der Waals surface area contributed by atoms with Gasteiger partial charge < -0.3 is 24.2 Å². The van der Waals surface area contributed by atoms with E-state index in [0.717, 1.165) is 58.0 Å². The van der Waals surface area contributed by atoms with Gasteiger partial charge in [0.2, 0.25) is 0 Å². The van der Waals surface area contributed by atoms with Crippen LogP contribution in [0.25, 0.3) is 16.6 Å². The van der Waals surface area contributed by atoms with Gasteiger partial charge >= 0.3 is 0 Å². The van der Waals surface area contributed by atoms with Crippen molar-refractivity contribution in [1.82, 2.24) is 19.6 Å². The largest absolute Gasteiger partial charge is 0.497 e. The summed E-state index contributed by atoms with van der Waals surface area (Å²) in [6, 6.07) is 14.0. The maximum atomic E-state index is 13.7. The molecule has 1 aliphatic heterocycles. The number of benzene rings is 1. The molecule has 1 aliphatic rings.